The molecule has 1 aromatic heterocycles. The summed E-state index contributed by atoms with van der Waals surface area (Å²) < 4.78 is 0. The van der Waals surface area contributed by atoms with E-state index < -0.39 is 0 Å². The summed E-state index contributed by atoms with van der Waals surface area (Å²) in [5.41, 5.74) is 2.95. The molecule has 1 aliphatic carbocycles. The van der Waals surface area contributed by atoms with Crippen molar-refractivity contribution in [2.75, 3.05) is 13.6 Å². The molecule has 0 fully saturated rings. The van der Waals surface area contributed by atoms with Crippen molar-refractivity contribution < 1.29 is 0 Å². The van der Waals surface area contributed by atoms with Crippen molar-refractivity contribution >= 4 is 17.3 Å². The van der Waals surface area contributed by atoms with E-state index in [0.717, 1.165) is 30.5 Å². The minimum absolute atomic E-state index is 0.599. The quantitative estimate of drug-likeness (QED) is 0.673. The number of rotatable bonds is 4. The Morgan fingerprint density at radius 1 is 1.38 bits per heavy atom. The van der Waals surface area contributed by atoms with Gasteiger partial charge in [0, 0.05) is 30.6 Å². The van der Waals surface area contributed by atoms with E-state index >= 15 is 0 Å². The Bertz CT molecular complexity index is 647. The number of aryl methyl sites for hydroxylation is 1. The van der Waals surface area contributed by atoms with Crippen LogP contribution in [0.3, 0.4) is 0 Å². The van der Waals surface area contributed by atoms with Gasteiger partial charge in [-0.2, -0.15) is 0 Å². The molecule has 2 N–H and O–H groups in total. The number of nitrogens with one attached hydrogen (secondary N) is 2. The van der Waals surface area contributed by atoms with Crippen molar-refractivity contribution in [1.29, 1.82) is 0 Å². The van der Waals surface area contributed by atoms with Crippen LogP contribution in [0.2, 0.25) is 0 Å². The van der Waals surface area contributed by atoms with Gasteiger partial charge in [-0.1, -0.05) is 24.3 Å². The molecule has 21 heavy (non-hydrogen) atoms. The van der Waals surface area contributed by atoms with Gasteiger partial charge >= 0.3 is 0 Å². The molecule has 1 aromatic carbocycles. The van der Waals surface area contributed by atoms with Gasteiger partial charge in [0.15, 0.2) is 5.96 Å². The standard InChI is InChI=1S/C16H20N4S/c1-11-8-18-15(21-11)10-20-16(17-2)19-9-13-7-12-5-3-4-6-14(12)13/h3-6,8,13H,7,9-10H2,1-2H3,(H2,17,19,20). The summed E-state index contributed by atoms with van der Waals surface area (Å²) in [6, 6.07) is 8.66. The van der Waals surface area contributed by atoms with E-state index in [1.807, 2.05) is 6.20 Å². The predicted molar refractivity (Wildman–Crippen MR) is 87.9 cm³/mol. The lowest BCUT2D eigenvalue weighted by molar-refractivity contribution is 0.584. The summed E-state index contributed by atoms with van der Waals surface area (Å²) in [7, 11) is 1.80. The van der Waals surface area contributed by atoms with Crippen LogP contribution in [0, 0.1) is 6.92 Å². The Kier molecular flexibility index (Phi) is 4.20. The van der Waals surface area contributed by atoms with E-state index in [1.165, 1.54) is 16.0 Å². The second kappa shape index (κ2) is 6.26. The molecule has 3 rings (SSSR count). The van der Waals surface area contributed by atoms with Gasteiger partial charge in [0.2, 0.25) is 0 Å². The van der Waals surface area contributed by atoms with Crippen LogP contribution in [0.5, 0.6) is 0 Å². The van der Waals surface area contributed by atoms with Gasteiger partial charge in [0.05, 0.1) is 6.54 Å². The molecule has 0 saturated heterocycles. The maximum atomic E-state index is 4.35. The first kappa shape index (κ1) is 14.1. The predicted octanol–water partition coefficient (Wildman–Crippen LogP) is 2.46. The highest BCUT2D eigenvalue weighted by molar-refractivity contribution is 7.11. The number of benzene rings is 1. The fourth-order valence-corrected chi connectivity index (χ4v) is 3.35. The molecular formula is C16H20N4S. The summed E-state index contributed by atoms with van der Waals surface area (Å²) in [6.07, 6.45) is 3.06. The van der Waals surface area contributed by atoms with E-state index in [4.69, 9.17) is 0 Å². The zero-order valence-electron chi connectivity index (χ0n) is 12.4. The van der Waals surface area contributed by atoms with Gasteiger partial charge in [-0.05, 0) is 24.5 Å². The highest BCUT2D eigenvalue weighted by atomic mass is 32.1. The van der Waals surface area contributed by atoms with Gasteiger partial charge in [0.25, 0.3) is 0 Å². The molecule has 0 aliphatic heterocycles. The van der Waals surface area contributed by atoms with Crippen molar-refractivity contribution in [1.82, 2.24) is 15.6 Å². The maximum absolute atomic E-state index is 4.35. The third-order valence-electron chi connectivity index (χ3n) is 3.78. The van der Waals surface area contributed by atoms with Crippen LogP contribution >= 0.6 is 11.3 Å². The highest BCUT2D eigenvalue weighted by Crippen LogP contribution is 2.33. The lowest BCUT2D eigenvalue weighted by Crippen LogP contribution is -2.40. The topological polar surface area (TPSA) is 49.3 Å². The van der Waals surface area contributed by atoms with Gasteiger partial charge in [-0.3, -0.25) is 4.99 Å². The summed E-state index contributed by atoms with van der Waals surface area (Å²) in [5.74, 6) is 1.44. The number of aliphatic imine (C=N–C) groups is 1. The Labute approximate surface area is 129 Å². The largest absolute Gasteiger partial charge is 0.356 e. The summed E-state index contributed by atoms with van der Waals surface area (Å²) in [4.78, 5) is 9.85. The summed E-state index contributed by atoms with van der Waals surface area (Å²) >= 11 is 1.71. The fourth-order valence-electron chi connectivity index (χ4n) is 2.63. The molecule has 0 amide bonds. The first-order valence-corrected chi connectivity index (χ1v) is 8.01. The minimum atomic E-state index is 0.599. The van der Waals surface area contributed by atoms with Gasteiger partial charge < -0.3 is 10.6 Å². The van der Waals surface area contributed by atoms with Crippen LogP contribution in [0.25, 0.3) is 0 Å². The SMILES string of the molecule is CN=C(NCc1ncc(C)s1)NCC1Cc2ccccc21. The third-order valence-corrected chi connectivity index (χ3v) is 4.69. The van der Waals surface area contributed by atoms with E-state index in [9.17, 15) is 0 Å². The number of thiazole rings is 1. The van der Waals surface area contributed by atoms with Crippen LogP contribution in [0.1, 0.15) is 26.9 Å². The fraction of sp³-hybridized carbons (Fsp3) is 0.375. The average Bonchev–Trinajstić information content (AvgIpc) is 2.89. The van der Waals surface area contributed by atoms with Gasteiger partial charge in [0.1, 0.15) is 5.01 Å². The Hall–Kier alpha value is -1.88. The molecule has 0 saturated carbocycles. The minimum Gasteiger partial charge on any atom is -0.356 e. The van der Waals surface area contributed by atoms with Crippen LogP contribution in [0.4, 0.5) is 0 Å². The average molecular weight is 300 g/mol. The third kappa shape index (κ3) is 3.24. The second-order valence-corrected chi connectivity index (χ2v) is 6.59. The smallest absolute Gasteiger partial charge is 0.191 e. The number of nitrogens with zero attached hydrogens (tertiary/aromatic N) is 2. The number of hydrogen-bond donors (Lipinski definition) is 2. The van der Waals surface area contributed by atoms with Crippen LogP contribution in [0.15, 0.2) is 35.5 Å². The summed E-state index contributed by atoms with van der Waals surface area (Å²) in [6.45, 7) is 3.72. The van der Waals surface area contributed by atoms with Crippen molar-refractivity contribution in [3.05, 3.63) is 51.5 Å². The molecule has 1 aliphatic rings. The summed E-state index contributed by atoms with van der Waals surface area (Å²) in [5, 5.41) is 7.81. The van der Waals surface area contributed by atoms with E-state index in [-0.39, 0.29) is 0 Å². The molecule has 2 aromatic rings. The van der Waals surface area contributed by atoms with E-state index in [0.29, 0.717) is 5.92 Å². The second-order valence-electron chi connectivity index (χ2n) is 5.27. The molecule has 0 radical (unpaired) electrons. The van der Waals surface area contributed by atoms with Gasteiger partial charge in [-0.25, -0.2) is 4.98 Å². The zero-order valence-corrected chi connectivity index (χ0v) is 13.2. The van der Waals surface area contributed by atoms with Crippen LogP contribution < -0.4 is 10.6 Å². The number of aromatic nitrogens is 1. The maximum Gasteiger partial charge on any atom is 0.191 e. The monoisotopic (exact) mass is 300 g/mol. The number of fused-ring (bicyclic) bond motifs is 1. The van der Waals surface area contributed by atoms with Crippen LogP contribution in [-0.4, -0.2) is 24.5 Å². The number of guanidine groups is 1. The Morgan fingerprint density at radius 2 is 2.24 bits per heavy atom. The van der Waals surface area contributed by atoms with E-state index in [2.05, 4.69) is 51.8 Å². The molecule has 110 valence electrons. The first-order valence-electron chi connectivity index (χ1n) is 7.20. The molecule has 1 heterocycles. The van der Waals surface area contributed by atoms with Crippen LogP contribution in [-0.2, 0) is 13.0 Å². The molecule has 5 heteroatoms. The molecule has 1 unspecified atom stereocenters. The van der Waals surface area contributed by atoms with Crippen molar-refractivity contribution in [2.24, 2.45) is 4.99 Å². The lowest BCUT2D eigenvalue weighted by Gasteiger charge is -2.30. The molecule has 0 bridgehead atoms. The number of hydrogen-bond acceptors (Lipinski definition) is 3. The lowest BCUT2D eigenvalue weighted by atomic mass is 9.78. The Morgan fingerprint density at radius 3 is 2.95 bits per heavy atom. The van der Waals surface area contributed by atoms with E-state index in [1.54, 1.807) is 18.4 Å². The Balaban J connectivity index is 1.48. The zero-order chi connectivity index (χ0) is 14.7. The van der Waals surface area contributed by atoms with Crippen molar-refractivity contribution in [3.8, 4) is 0 Å². The normalized spacial score (nSPS) is 17.0. The van der Waals surface area contributed by atoms with Crippen molar-refractivity contribution in [3.63, 3.8) is 0 Å². The molecule has 1 atom stereocenters. The molecule has 0 spiro atoms. The highest BCUT2D eigenvalue weighted by Gasteiger charge is 2.25. The first-order chi connectivity index (χ1) is 10.3. The van der Waals surface area contributed by atoms with Crippen molar-refractivity contribution in [2.45, 2.75) is 25.8 Å². The van der Waals surface area contributed by atoms with Gasteiger partial charge in [-0.15, -0.1) is 11.3 Å². The molecular weight excluding hydrogens is 280 g/mol. The molecule has 4 nitrogen and oxygen atoms in total.